The van der Waals surface area contributed by atoms with E-state index in [9.17, 15) is 8.78 Å². The highest BCUT2D eigenvalue weighted by Crippen LogP contribution is 2.27. The van der Waals surface area contributed by atoms with Crippen molar-refractivity contribution in [3.8, 4) is 11.4 Å². The first-order valence-corrected chi connectivity index (χ1v) is 7.58. The summed E-state index contributed by atoms with van der Waals surface area (Å²) in [7, 11) is 0. The van der Waals surface area contributed by atoms with Crippen molar-refractivity contribution >= 4 is 11.8 Å². The van der Waals surface area contributed by atoms with Gasteiger partial charge < -0.3 is 4.52 Å². The van der Waals surface area contributed by atoms with Crippen molar-refractivity contribution in [3.63, 3.8) is 0 Å². The van der Waals surface area contributed by atoms with E-state index < -0.39 is 11.6 Å². The Labute approximate surface area is 130 Å². The highest BCUT2D eigenvalue weighted by atomic mass is 32.2. The zero-order chi connectivity index (χ0) is 15.5. The van der Waals surface area contributed by atoms with Crippen molar-refractivity contribution in [1.82, 2.24) is 10.1 Å². The van der Waals surface area contributed by atoms with Crippen LogP contribution in [0.4, 0.5) is 8.78 Å². The smallest absolute Gasteiger partial charge is 0.237 e. The van der Waals surface area contributed by atoms with Crippen molar-refractivity contribution in [2.24, 2.45) is 0 Å². The first-order chi connectivity index (χ1) is 10.6. The van der Waals surface area contributed by atoms with Gasteiger partial charge in [0, 0.05) is 10.5 Å². The van der Waals surface area contributed by atoms with Crippen LogP contribution in [-0.2, 0) is 5.75 Å². The number of rotatable bonds is 4. The Hall–Kier alpha value is -2.21. The summed E-state index contributed by atoms with van der Waals surface area (Å²) >= 11 is 1.12. The SMILES string of the molecule is Cc1ccccc1-c1noc(CSc2cc(F)ccc2F)n1. The predicted octanol–water partition coefficient (Wildman–Crippen LogP) is 4.62. The minimum atomic E-state index is -0.477. The number of aromatic nitrogens is 2. The standard InChI is InChI=1S/C16H12F2N2OS/c1-10-4-2-3-5-12(10)16-19-15(21-20-16)9-22-14-8-11(17)6-7-13(14)18/h2-8H,9H2,1H3. The summed E-state index contributed by atoms with van der Waals surface area (Å²) in [5.41, 5.74) is 1.93. The van der Waals surface area contributed by atoms with Crippen LogP contribution in [0.25, 0.3) is 11.4 Å². The molecule has 0 atom stereocenters. The third kappa shape index (κ3) is 3.17. The van der Waals surface area contributed by atoms with E-state index in [1.54, 1.807) is 0 Å². The van der Waals surface area contributed by atoms with Crippen LogP contribution in [0.3, 0.4) is 0 Å². The molecule has 0 saturated carbocycles. The molecule has 1 heterocycles. The maximum absolute atomic E-state index is 13.5. The van der Waals surface area contributed by atoms with Gasteiger partial charge in [0.15, 0.2) is 0 Å². The molecule has 0 spiro atoms. The van der Waals surface area contributed by atoms with Crippen molar-refractivity contribution in [3.05, 3.63) is 65.6 Å². The molecule has 0 bridgehead atoms. The average molecular weight is 318 g/mol. The maximum Gasteiger partial charge on any atom is 0.237 e. The summed E-state index contributed by atoms with van der Waals surface area (Å²) < 4.78 is 31.8. The molecular formula is C16H12F2N2OS. The molecule has 3 aromatic rings. The van der Waals surface area contributed by atoms with Crippen LogP contribution >= 0.6 is 11.8 Å². The van der Waals surface area contributed by atoms with E-state index in [0.29, 0.717) is 11.7 Å². The largest absolute Gasteiger partial charge is 0.338 e. The van der Waals surface area contributed by atoms with Crippen LogP contribution in [0, 0.1) is 18.6 Å². The normalized spacial score (nSPS) is 10.9. The van der Waals surface area contributed by atoms with Gasteiger partial charge in [-0.3, -0.25) is 0 Å². The van der Waals surface area contributed by atoms with Gasteiger partial charge >= 0.3 is 0 Å². The molecule has 22 heavy (non-hydrogen) atoms. The molecule has 0 fully saturated rings. The van der Waals surface area contributed by atoms with E-state index in [-0.39, 0.29) is 10.6 Å². The van der Waals surface area contributed by atoms with Crippen LogP contribution in [-0.4, -0.2) is 10.1 Å². The van der Waals surface area contributed by atoms with Crippen LogP contribution < -0.4 is 0 Å². The second-order valence-electron chi connectivity index (χ2n) is 4.69. The average Bonchev–Trinajstić information content (AvgIpc) is 2.97. The highest BCUT2D eigenvalue weighted by Gasteiger charge is 2.12. The fraction of sp³-hybridized carbons (Fsp3) is 0.125. The molecule has 0 unspecified atom stereocenters. The summed E-state index contributed by atoms with van der Waals surface area (Å²) in [6.45, 7) is 1.96. The van der Waals surface area contributed by atoms with Crippen LogP contribution in [0.5, 0.6) is 0 Å². The minimum absolute atomic E-state index is 0.218. The summed E-state index contributed by atoms with van der Waals surface area (Å²) in [4.78, 5) is 4.51. The van der Waals surface area contributed by atoms with Crippen LogP contribution in [0.2, 0.25) is 0 Å². The van der Waals surface area contributed by atoms with Crippen molar-refractivity contribution in [2.45, 2.75) is 17.6 Å². The fourth-order valence-corrected chi connectivity index (χ4v) is 2.77. The molecular weight excluding hydrogens is 306 g/mol. The monoisotopic (exact) mass is 318 g/mol. The lowest BCUT2D eigenvalue weighted by molar-refractivity contribution is 0.391. The number of thioether (sulfide) groups is 1. The molecule has 3 nitrogen and oxygen atoms in total. The molecule has 0 saturated heterocycles. The summed E-state index contributed by atoms with van der Waals surface area (Å²) in [5, 5.41) is 3.93. The maximum atomic E-state index is 13.5. The van der Waals surface area contributed by atoms with Gasteiger partial charge in [0.25, 0.3) is 0 Å². The molecule has 0 aliphatic heterocycles. The third-order valence-electron chi connectivity index (χ3n) is 3.10. The lowest BCUT2D eigenvalue weighted by atomic mass is 10.1. The van der Waals surface area contributed by atoms with Gasteiger partial charge in [-0.1, -0.05) is 29.4 Å². The molecule has 0 aliphatic carbocycles. The number of aryl methyl sites for hydroxylation is 1. The molecule has 0 N–H and O–H groups in total. The topological polar surface area (TPSA) is 38.9 Å². The van der Waals surface area contributed by atoms with Crippen molar-refractivity contribution < 1.29 is 13.3 Å². The minimum Gasteiger partial charge on any atom is -0.338 e. The Bertz CT molecular complexity index is 804. The van der Waals surface area contributed by atoms with E-state index in [2.05, 4.69) is 10.1 Å². The van der Waals surface area contributed by atoms with E-state index in [1.165, 1.54) is 0 Å². The number of halogens is 2. The summed E-state index contributed by atoms with van der Waals surface area (Å²) in [5.74, 6) is 0.194. The second kappa shape index (κ2) is 6.27. The number of hydrogen-bond acceptors (Lipinski definition) is 4. The predicted molar refractivity (Wildman–Crippen MR) is 80.4 cm³/mol. The quantitative estimate of drug-likeness (QED) is 0.658. The number of nitrogens with zero attached hydrogens (tertiary/aromatic N) is 2. The summed E-state index contributed by atoms with van der Waals surface area (Å²) in [6.07, 6.45) is 0. The Morgan fingerprint density at radius 3 is 2.77 bits per heavy atom. The fourth-order valence-electron chi connectivity index (χ4n) is 1.97. The molecule has 2 aromatic carbocycles. The zero-order valence-electron chi connectivity index (χ0n) is 11.7. The molecule has 0 radical (unpaired) electrons. The lowest BCUT2D eigenvalue weighted by Gasteiger charge is -2.00. The van der Waals surface area contributed by atoms with Crippen LogP contribution in [0.1, 0.15) is 11.5 Å². The molecule has 0 amide bonds. The van der Waals surface area contributed by atoms with Crippen molar-refractivity contribution in [2.75, 3.05) is 0 Å². The Morgan fingerprint density at radius 2 is 1.95 bits per heavy atom. The second-order valence-corrected chi connectivity index (χ2v) is 5.71. The van der Waals surface area contributed by atoms with Crippen molar-refractivity contribution in [1.29, 1.82) is 0 Å². The first kappa shape index (κ1) is 14.7. The van der Waals surface area contributed by atoms with E-state index in [4.69, 9.17) is 4.52 Å². The van der Waals surface area contributed by atoms with Crippen LogP contribution in [0.15, 0.2) is 51.9 Å². The third-order valence-corrected chi connectivity index (χ3v) is 4.11. The highest BCUT2D eigenvalue weighted by molar-refractivity contribution is 7.98. The van der Waals surface area contributed by atoms with E-state index in [1.807, 2.05) is 31.2 Å². The molecule has 6 heteroatoms. The molecule has 112 valence electrons. The Balaban J connectivity index is 1.75. The van der Waals surface area contributed by atoms with E-state index in [0.717, 1.165) is 41.1 Å². The lowest BCUT2D eigenvalue weighted by Crippen LogP contribution is -1.87. The molecule has 1 aromatic heterocycles. The van der Waals surface area contributed by atoms with Gasteiger partial charge in [-0.15, -0.1) is 11.8 Å². The van der Waals surface area contributed by atoms with Gasteiger partial charge in [0.05, 0.1) is 5.75 Å². The molecule has 0 aliphatic rings. The van der Waals surface area contributed by atoms with E-state index >= 15 is 0 Å². The molecule has 3 rings (SSSR count). The Morgan fingerprint density at radius 1 is 1.14 bits per heavy atom. The Kier molecular flexibility index (Phi) is 4.20. The van der Waals surface area contributed by atoms with Gasteiger partial charge in [0.1, 0.15) is 11.6 Å². The number of hydrogen-bond donors (Lipinski definition) is 0. The van der Waals surface area contributed by atoms with Gasteiger partial charge in [0.2, 0.25) is 11.7 Å². The number of benzene rings is 2. The summed E-state index contributed by atoms with van der Waals surface area (Å²) in [6, 6.07) is 11.0. The van der Waals surface area contributed by atoms with Gasteiger partial charge in [-0.25, -0.2) is 8.78 Å². The van der Waals surface area contributed by atoms with Gasteiger partial charge in [-0.2, -0.15) is 4.98 Å². The van der Waals surface area contributed by atoms with Gasteiger partial charge in [-0.05, 0) is 30.7 Å². The first-order valence-electron chi connectivity index (χ1n) is 6.60. The zero-order valence-corrected chi connectivity index (χ0v) is 12.5.